The number of hydrogen-bond donors (Lipinski definition) is 1. The van der Waals surface area contributed by atoms with E-state index < -0.39 is 5.25 Å². The molecule has 1 heterocycles. The van der Waals surface area contributed by atoms with E-state index in [1.54, 1.807) is 14.0 Å². The van der Waals surface area contributed by atoms with E-state index in [2.05, 4.69) is 15.5 Å². The van der Waals surface area contributed by atoms with Crippen LogP contribution in [0.25, 0.3) is 11.4 Å². The zero-order chi connectivity index (χ0) is 21.1. The van der Waals surface area contributed by atoms with E-state index in [1.165, 1.54) is 23.9 Å². The molecule has 0 aliphatic heterocycles. The number of carbonyl (C=O) groups is 1. The summed E-state index contributed by atoms with van der Waals surface area (Å²) in [6.45, 7) is 1.77. The van der Waals surface area contributed by atoms with Crippen molar-refractivity contribution >= 4 is 58.2 Å². The maximum atomic E-state index is 12.6. The van der Waals surface area contributed by atoms with Crippen molar-refractivity contribution < 1.29 is 9.53 Å². The predicted octanol–water partition coefficient (Wildman–Crippen LogP) is 5.57. The molecule has 0 aliphatic carbocycles. The Balaban J connectivity index is 1.72. The number of halogens is 3. The van der Waals surface area contributed by atoms with Crippen molar-refractivity contribution in [2.45, 2.75) is 17.3 Å². The van der Waals surface area contributed by atoms with Crippen molar-refractivity contribution in [2.75, 3.05) is 12.4 Å². The first-order chi connectivity index (χ1) is 13.8. The first-order valence-electron chi connectivity index (χ1n) is 8.46. The van der Waals surface area contributed by atoms with E-state index in [9.17, 15) is 4.79 Å². The minimum absolute atomic E-state index is 0.246. The number of nitrogens with one attached hydrogen (secondary N) is 1. The third-order valence-corrected chi connectivity index (χ3v) is 6.27. The Kier molecular flexibility index (Phi) is 6.95. The standard InChI is InChI=1S/C19H17Cl3N4O2S/c1-10(18(27)23-16-9-14(21)13(20)8-15(16)22)29-19-25-24-17(26(19)2)11-4-6-12(28-3)7-5-11/h4-10H,1-3H3,(H,23,27). The van der Waals surface area contributed by atoms with Gasteiger partial charge in [-0.15, -0.1) is 10.2 Å². The molecular formula is C19H17Cl3N4O2S. The minimum atomic E-state index is -0.452. The second-order valence-electron chi connectivity index (χ2n) is 6.09. The maximum Gasteiger partial charge on any atom is 0.237 e. The van der Waals surface area contributed by atoms with Gasteiger partial charge < -0.3 is 14.6 Å². The molecule has 152 valence electrons. The number of rotatable bonds is 6. The second kappa shape index (κ2) is 9.26. The van der Waals surface area contributed by atoms with Gasteiger partial charge in [0.05, 0.1) is 33.1 Å². The van der Waals surface area contributed by atoms with Crippen molar-refractivity contribution in [1.29, 1.82) is 0 Å². The summed E-state index contributed by atoms with van der Waals surface area (Å²) in [6, 6.07) is 10.5. The number of aromatic nitrogens is 3. The van der Waals surface area contributed by atoms with Crippen LogP contribution in [0.1, 0.15) is 6.92 Å². The van der Waals surface area contributed by atoms with Gasteiger partial charge in [0.25, 0.3) is 0 Å². The molecule has 29 heavy (non-hydrogen) atoms. The maximum absolute atomic E-state index is 12.6. The zero-order valence-corrected chi connectivity index (χ0v) is 18.8. The van der Waals surface area contributed by atoms with Crippen molar-refractivity contribution in [1.82, 2.24) is 14.8 Å². The minimum Gasteiger partial charge on any atom is -0.497 e. The smallest absolute Gasteiger partial charge is 0.237 e. The molecule has 0 aliphatic rings. The molecule has 0 radical (unpaired) electrons. The number of carbonyl (C=O) groups excluding carboxylic acids is 1. The normalized spacial score (nSPS) is 11.9. The van der Waals surface area contributed by atoms with Gasteiger partial charge in [0.15, 0.2) is 11.0 Å². The summed E-state index contributed by atoms with van der Waals surface area (Å²) in [7, 11) is 3.46. The molecular weight excluding hydrogens is 455 g/mol. The first-order valence-corrected chi connectivity index (χ1v) is 10.5. The third kappa shape index (κ3) is 4.98. The summed E-state index contributed by atoms with van der Waals surface area (Å²) in [5, 5.41) is 12.3. The SMILES string of the molecule is COc1ccc(-c2nnc(SC(C)C(=O)Nc3cc(Cl)c(Cl)cc3Cl)n2C)cc1. The Morgan fingerprint density at radius 3 is 2.41 bits per heavy atom. The number of ether oxygens (including phenoxy) is 1. The van der Waals surface area contributed by atoms with Crippen molar-refractivity contribution in [2.24, 2.45) is 7.05 Å². The van der Waals surface area contributed by atoms with Crippen LogP contribution in [0.2, 0.25) is 15.1 Å². The van der Waals surface area contributed by atoms with Gasteiger partial charge in [-0.3, -0.25) is 4.79 Å². The largest absolute Gasteiger partial charge is 0.497 e. The lowest BCUT2D eigenvalue weighted by molar-refractivity contribution is -0.115. The third-order valence-electron chi connectivity index (χ3n) is 4.10. The average Bonchev–Trinajstić information content (AvgIpc) is 3.06. The van der Waals surface area contributed by atoms with Gasteiger partial charge in [0.2, 0.25) is 5.91 Å². The quantitative estimate of drug-likeness (QED) is 0.376. The van der Waals surface area contributed by atoms with Crippen LogP contribution in [0.15, 0.2) is 41.6 Å². The molecule has 0 saturated heterocycles. The number of anilines is 1. The molecule has 2 aromatic carbocycles. The van der Waals surface area contributed by atoms with E-state index in [4.69, 9.17) is 39.5 Å². The molecule has 1 atom stereocenters. The fourth-order valence-corrected chi connectivity index (χ4v) is 3.88. The van der Waals surface area contributed by atoms with Crippen LogP contribution < -0.4 is 10.1 Å². The van der Waals surface area contributed by atoms with E-state index >= 15 is 0 Å². The van der Waals surface area contributed by atoms with Crippen molar-refractivity contribution in [3.05, 3.63) is 51.5 Å². The van der Waals surface area contributed by atoms with Crippen LogP contribution in [0.5, 0.6) is 5.75 Å². The van der Waals surface area contributed by atoms with Gasteiger partial charge >= 0.3 is 0 Å². The summed E-state index contributed by atoms with van der Waals surface area (Å²) in [5.41, 5.74) is 1.29. The highest BCUT2D eigenvalue weighted by molar-refractivity contribution is 8.00. The fraction of sp³-hybridized carbons (Fsp3) is 0.211. The Hall–Kier alpha value is -1.93. The van der Waals surface area contributed by atoms with Crippen LogP contribution in [-0.4, -0.2) is 33.0 Å². The highest BCUT2D eigenvalue weighted by Crippen LogP contribution is 2.33. The molecule has 0 spiro atoms. The Morgan fingerprint density at radius 1 is 1.10 bits per heavy atom. The number of nitrogens with zero attached hydrogens (tertiary/aromatic N) is 3. The van der Waals surface area contributed by atoms with Gasteiger partial charge in [-0.25, -0.2) is 0 Å². The number of amides is 1. The topological polar surface area (TPSA) is 69.0 Å². The molecule has 0 saturated carbocycles. The van der Waals surface area contributed by atoms with E-state index in [0.717, 1.165) is 11.3 Å². The van der Waals surface area contributed by atoms with Crippen molar-refractivity contribution in [3.63, 3.8) is 0 Å². The number of thioether (sulfide) groups is 1. The van der Waals surface area contributed by atoms with Crippen LogP contribution in [-0.2, 0) is 11.8 Å². The molecule has 10 heteroatoms. The van der Waals surface area contributed by atoms with Crippen LogP contribution >= 0.6 is 46.6 Å². The predicted molar refractivity (Wildman–Crippen MR) is 118 cm³/mol. The molecule has 1 unspecified atom stereocenters. The Bertz CT molecular complexity index is 1040. The van der Waals surface area contributed by atoms with Gasteiger partial charge in [0, 0.05) is 12.6 Å². The van der Waals surface area contributed by atoms with Gasteiger partial charge in [-0.1, -0.05) is 46.6 Å². The van der Waals surface area contributed by atoms with Crippen LogP contribution in [0, 0.1) is 0 Å². The lowest BCUT2D eigenvalue weighted by Crippen LogP contribution is -2.23. The van der Waals surface area contributed by atoms with Crippen LogP contribution in [0.3, 0.4) is 0 Å². The highest BCUT2D eigenvalue weighted by atomic mass is 35.5. The summed E-state index contributed by atoms with van der Waals surface area (Å²) < 4.78 is 7.01. The molecule has 1 aromatic heterocycles. The Labute approximate surface area is 187 Å². The summed E-state index contributed by atoms with van der Waals surface area (Å²) >= 11 is 19.3. The first kappa shape index (κ1) is 21.8. The van der Waals surface area contributed by atoms with Gasteiger partial charge in [0.1, 0.15) is 5.75 Å². The number of benzene rings is 2. The molecule has 1 amide bonds. The fourth-order valence-electron chi connectivity index (χ4n) is 2.47. The summed E-state index contributed by atoms with van der Waals surface area (Å²) in [5.74, 6) is 1.20. The van der Waals surface area contributed by atoms with E-state index in [0.29, 0.717) is 31.7 Å². The van der Waals surface area contributed by atoms with Gasteiger partial charge in [-0.05, 0) is 43.3 Å². The Morgan fingerprint density at radius 2 is 1.76 bits per heavy atom. The monoisotopic (exact) mass is 470 g/mol. The number of methoxy groups -OCH3 is 1. The second-order valence-corrected chi connectivity index (χ2v) is 8.62. The van der Waals surface area contributed by atoms with Gasteiger partial charge in [-0.2, -0.15) is 0 Å². The highest BCUT2D eigenvalue weighted by Gasteiger charge is 2.20. The molecule has 3 rings (SSSR count). The molecule has 3 aromatic rings. The van der Waals surface area contributed by atoms with Crippen molar-refractivity contribution in [3.8, 4) is 17.1 Å². The summed E-state index contributed by atoms with van der Waals surface area (Å²) in [4.78, 5) is 12.6. The van der Waals surface area contributed by atoms with Crippen LogP contribution in [0.4, 0.5) is 5.69 Å². The van der Waals surface area contributed by atoms with E-state index in [1.807, 2.05) is 35.9 Å². The average molecular weight is 472 g/mol. The summed E-state index contributed by atoms with van der Waals surface area (Å²) in [6.07, 6.45) is 0. The molecule has 6 nitrogen and oxygen atoms in total. The lowest BCUT2D eigenvalue weighted by Gasteiger charge is -2.13. The lowest BCUT2D eigenvalue weighted by atomic mass is 10.2. The number of hydrogen-bond acceptors (Lipinski definition) is 5. The zero-order valence-electron chi connectivity index (χ0n) is 15.7. The molecule has 0 bridgehead atoms. The molecule has 1 N–H and O–H groups in total. The van der Waals surface area contributed by atoms with E-state index in [-0.39, 0.29) is 5.91 Å². The molecule has 0 fully saturated rings.